The van der Waals surface area contributed by atoms with Gasteiger partial charge in [0, 0.05) is 23.7 Å². The maximum atomic E-state index is 10.9. The zero-order valence-electron chi connectivity index (χ0n) is 11.3. The molecule has 22 heavy (non-hydrogen) atoms. The van der Waals surface area contributed by atoms with Crippen molar-refractivity contribution < 1.29 is 4.92 Å². The van der Waals surface area contributed by atoms with E-state index in [1.54, 1.807) is 12.1 Å². The second-order valence-corrected chi connectivity index (χ2v) is 5.26. The van der Waals surface area contributed by atoms with E-state index >= 15 is 0 Å². The molecule has 1 aliphatic rings. The molecule has 0 atom stereocenters. The van der Waals surface area contributed by atoms with Gasteiger partial charge >= 0.3 is 0 Å². The summed E-state index contributed by atoms with van der Waals surface area (Å²) in [6, 6.07) is 8.20. The second-order valence-electron chi connectivity index (χ2n) is 4.90. The number of rotatable bonds is 4. The van der Waals surface area contributed by atoms with Crippen molar-refractivity contribution >= 4 is 23.2 Å². The molecule has 2 aromatic rings. The van der Waals surface area contributed by atoms with Gasteiger partial charge in [0.25, 0.3) is 5.69 Å². The molecule has 1 fully saturated rings. The van der Waals surface area contributed by atoms with Crippen LogP contribution in [0.4, 0.5) is 11.6 Å². The molecular formula is C14H10ClN5O2. The van der Waals surface area contributed by atoms with Crippen LogP contribution in [0.2, 0.25) is 5.15 Å². The molecule has 1 heterocycles. The first-order valence-corrected chi connectivity index (χ1v) is 6.95. The van der Waals surface area contributed by atoms with Crippen molar-refractivity contribution in [3.63, 3.8) is 0 Å². The Hall–Kier alpha value is -2.72. The zero-order chi connectivity index (χ0) is 15.7. The zero-order valence-corrected chi connectivity index (χ0v) is 12.0. The lowest BCUT2D eigenvalue weighted by molar-refractivity contribution is -0.384. The molecule has 1 aliphatic carbocycles. The fourth-order valence-corrected chi connectivity index (χ4v) is 2.19. The van der Waals surface area contributed by atoms with Crippen molar-refractivity contribution in [3.8, 4) is 17.3 Å². The highest BCUT2D eigenvalue weighted by atomic mass is 35.5. The first-order chi connectivity index (χ1) is 10.6. The topological polar surface area (TPSA) is 105 Å². The maximum absolute atomic E-state index is 10.9. The van der Waals surface area contributed by atoms with Gasteiger partial charge in [-0.1, -0.05) is 23.7 Å². The molecule has 0 aliphatic heterocycles. The second kappa shape index (κ2) is 5.58. The van der Waals surface area contributed by atoms with Crippen LogP contribution in [0.3, 0.4) is 0 Å². The predicted octanol–water partition coefficient (Wildman–Crippen LogP) is 3.15. The van der Waals surface area contributed by atoms with Gasteiger partial charge in [-0.2, -0.15) is 10.2 Å². The molecule has 0 radical (unpaired) electrons. The first kappa shape index (κ1) is 14.2. The summed E-state index contributed by atoms with van der Waals surface area (Å²) in [6.45, 7) is 0. The van der Waals surface area contributed by atoms with Crippen LogP contribution in [-0.4, -0.2) is 20.9 Å². The number of hydrogen-bond acceptors (Lipinski definition) is 6. The minimum Gasteiger partial charge on any atom is -0.351 e. The van der Waals surface area contributed by atoms with Gasteiger partial charge in [-0.3, -0.25) is 10.1 Å². The molecular weight excluding hydrogens is 306 g/mol. The van der Waals surface area contributed by atoms with E-state index in [-0.39, 0.29) is 22.1 Å². The van der Waals surface area contributed by atoms with E-state index in [4.69, 9.17) is 11.6 Å². The number of halogens is 1. The van der Waals surface area contributed by atoms with Crippen LogP contribution in [0.25, 0.3) is 11.3 Å². The maximum Gasteiger partial charge on any atom is 0.270 e. The van der Waals surface area contributed by atoms with Gasteiger partial charge in [-0.25, -0.2) is 4.98 Å². The number of nitro benzene ring substituents is 1. The lowest BCUT2D eigenvalue weighted by Gasteiger charge is -2.09. The third-order valence-electron chi connectivity index (χ3n) is 3.22. The van der Waals surface area contributed by atoms with Crippen molar-refractivity contribution in [1.29, 1.82) is 5.26 Å². The van der Waals surface area contributed by atoms with Gasteiger partial charge < -0.3 is 5.32 Å². The minimum atomic E-state index is -0.498. The van der Waals surface area contributed by atoms with Crippen molar-refractivity contribution in [2.75, 3.05) is 5.32 Å². The van der Waals surface area contributed by atoms with Crippen molar-refractivity contribution in [2.45, 2.75) is 18.9 Å². The number of nitrogens with one attached hydrogen (secondary N) is 1. The molecule has 110 valence electrons. The molecule has 7 nitrogen and oxygen atoms in total. The Kier molecular flexibility index (Phi) is 3.61. The summed E-state index contributed by atoms with van der Waals surface area (Å²) in [5, 5.41) is 23.3. The van der Waals surface area contributed by atoms with Gasteiger partial charge in [-0.15, -0.1) is 0 Å². The van der Waals surface area contributed by atoms with E-state index in [1.165, 1.54) is 12.1 Å². The Balaban J connectivity index is 2.11. The van der Waals surface area contributed by atoms with Gasteiger partial charge in [-0.05, 0) is 12.8 Å². The Labute approximate surface area is 130 Å². The Morgan fingerprint density at radius 1 is 1.41 bits per heavy atom. The molecule has 1 saturated carbocycles. The van der Waals surface area contributed by atoms with Crippen LogP contribution in [0, 0.1) is 21.4 Å². The summed E-state index contributed by atoms with van der Waals surface area (Å²) < 4.78 is 0. The van der Waals surface area contributed by atoms with Crippen LogP contribution in [0.15, 0.2) is 24.3 Å². The summed E-state index contributed by atoms with van der Waals surface area (Å²) in [5.74, 6) is 0.327. The van der Waals surface area contributed by atoms with Crippen molar-refractivity contribution in [3.05, 3.63) is 45.1 Å². The molecule has 8 heteroatoms. The number of anilines is 1. The van der Waals surface area contributed by atoms with E-state index in [0.717, 1.165) is 12.8 Å². The monoisotopic (exact) mass is 315 g/mol. The van der Waals surface area contributed by atoms with Crippen LogP contribution in [0.5, 0.6) is 0 Å². The number of benzene rings is 1. The summed E-state index contributed by atoms with van der Waals surface area (Å²) >= 11 is 6.04. The number of nitriles is 1. The van der Waals surface area contributed by atoms with E-state index < -0.39 is 4.92 Å². The van der Waals surface area contributed by atoms with Gasteiger partial charge in [0.1, 0.15) is 11.6 Å². The van der Waals surface area contributed by atoms with Gasteiger partial charge in [0.2, 0.25) is 5.95 Å². The number of aromatic nitrogens is 2. The summed E-state index contributed by atoms with van der Waals surface area (Å²) in [5.41, 5.74) is 0.764. The van der Waals surface area contributed by atoms with E-state index in [2.05, 4.69) is 15.3 Å². The third kappa shape index (κ3) is 2.82. The molecule has 1 aromatic carbocycles. The highest BCUT2D eigenvalue weighted by molar-refractivity contribution is 6.31. The number of non-ortho nitro benzene ring substituents is 1. The Morgan fingerprint density at radius 3 is 2.82 bits per heavy atom. The first-order valence-electron chi connectivity index (χ1n) is 6.57. The van der Waals surface area contributed by atoms with E-state index in [0.29, 0.717) is 17.6 Å². The van der Waals surface area contributed by atoms with Crippen LogP contribution in [0.1, 0.15) is 18.4 Å². The minimum absolute atomic E-state index is 0.0298. The van der Waals surface area contributed by atoms with Crippen LogP contribution in [-0.2, 0) is 0 Å². The molecule has 0 amide bonds. The standard InChI is InChI=1S/C14H10ClN5O2/c15-13-11(7-16)12(18-14(19-13)17-9-4-5-9)8-2-1-3-10(6-8)20(21)22/h1-3,6,9H,4-5H2,(H,17,18,19). The molecule has 1 N–H and O–H groups in total. The van der Waals surface area contributed by atoms with E-state index in [1.807, 2.05) is 6.07 Å². The van der Waals surface area contributed by atoms with Gasteiger partial charge in [0.15, 0.2) is 5.15 Å². The fraction of sp³-hybridized carbons (Fsp3) is 0.214. The number of nitro groups is 1. The lowest BCUT2D eigenvalue weighted by atomic mass is 10.1. The summed E-state index contributed by atoms with van der Waals surface area (Å²) in [7, 11) is 0. The highest BCUT2D eigenvalue weighted by Gasteiger charge is 2.24. The van der Waals surface area contributed by atoms with Crippen LogP contribution < -0.4 is 5.32 Å². The molecule has 0 saturated heterocycles. The average Bonchev–Trinajstić information content (AvgIpc) is 3.30. The normalized spacial score (nSPS) is 13.5. The average molecular weight is 316 g/mol. The van der Waals surface area contributed by atoms with Gasteiger partial charge in [0.05, 0.1) is 10.6 Å². The third-order valence-corrected chi connectivity index (χ3v) is 3.49. The SMILES string of the molecule is N#Cc1c(Cl)nc(NC2CC2)nc1-c1cccc([N+](=O)[O-])c1. The fourth-order valence-electron chi connectivity index (χ4n) is 1.98. The lowest BCUT2D eigenvalue weighted by Crippen LogP contribution is -2.07. The number of hydrogen-bond donors (Lipinski definition) is 1. The Bertz CT molecular complexity index is 798. The summed E-state index contributed by atoms with van der Waals surface area (Å²) in [4.78, 5) is 18.8. The predicted molar refractivity (Wildman–Crippen MR) is 80.5 cm³/mol. The van der Waals surface area contributed by atoms with Crippen molar-refractivity contribution in [2.24, 2.45) is 0 Å². The summed E-state index contributed by atoms with van der Waals surface area (Å²) in [6.07, 6.45) is 2.07. The molecule has 1 aromatic heterocycles. The van der Waals surface area contributed by atoms with Crippen molar-refractivity contribution in [1.82, 2.24) is 9.97 Å². The molecule has 0 spiro atoms. The highest BCUT2D eigenvalue weighted by Crippen LogP contribution is 2.31. The van der Waals surface area contributed by atoms with Crippen LogP contribution >= 0.6 is 11.6 Å². The smallest absolute Gasteiger partial charge is 0.270 e. The quantitative estimate of drug-likeness (QED) is 0.528. The largest absolute Gasteiger partial charge is 0.351 e. The number of nitrogens with zero attached hydrogens (tertiary/aromatic N) is 4. The molecule has 3 rings (SSSR count). The molecule has 0 unspecified atom stereocenters. The van der Waals surface area contributed by atoms with E-state index in [9.17, 15) is 15.4 Å². The Morgan fingerprint density at radius 2 is 2.18 bits per heavy atom. The molecule has 0 bridgehead atoms.